The van der Waals surface area contributed by atoms with Crippen molar-refractivity contribution >= 4 is 29.3 Å². The number of nitrogens with zero attached hydrogens (tertiary/aromatic N) is 2. The van der Waals surface area contributed by atoms with E-state index < -0.39 is 17.7 Å². The van der Waals surface area contributed by atoms with E-state index in [2.05, 4.69) is 15.5 Å². The monoisotopic (exact) mass is 409 g/mol. The van der Waals surface area contributed by atoms with Crippen LogP contribution in [0.2, 0.25) is 5.02 Å². The average molecular weight is 410 g/mol. The zero-order chi connectivity index (χ0) is 19.4. The van der Waals surface area contributed by atoms with Crippen molar-refractivity contribution in [1.82, 2.24) is 15.5 Å². The largest absolute Gasteiger partial charge is 0.411 e. The van der Waals surface area contributed by atoms with Crippen molar-refractivity contribution in [3.8, 4) is 11.5 Å². The van der Waals surface area contributed by atoms with Gasteiger partial charge < -0.3 is 9.73 Å². The molecule has 3 rings (SSSR count). The van der Waals surface area contributed by atoms with Gasteiger partial charge in [-0.1, -0.05) is 29.4 Å². The van der Waals surface area contributed by atoms with E-state index in [4.69, 9.17) is 16.0 Å². The van der Waals surface area contributed by atoms with Crippen molar-refractivity contribution < 1.29 is 18.0 Å². The van der Waals surface area contributed by atoms with Gasteiger partial charge in [0.2, 0.25) is 11.8 Å². The van der Waals surface area contributed by atoms with E-state index in [1.54, 1.807) is 31.2 Å². The Labute approximate surface area is 163 Å². The van der Waals surface area contributed by atoms with Crippen molar-refractivity contribution in [2.45, 2.75) is 18.2 Å². The normalized spacial score (nSPS) is 12.0. The van der Waals surface area contributed by atoms with E-state index >= 15 is 0 Å². The molecule has 1 aromatic heterocycles. The first-order valence-electron chi connectivity index (χ1n) is 7.89. The molecule has 0 aliphatic carbocycles. The number of carbonyl (C=O) groups excluding carboxylic acids is 1. The summed E-state index contributed by atoms with van der Waals surface area (Å²) in [5.41, 5.74) is 1.19. The summed E-state index contributed by atoms with van der Waals surface area (Å²) in [5.74, 6) is -1.83. The Kier molecular flexibility index (Phi) is 6.08. The van der Waals surface area contributed by atoms with Crippen LogP contribution in [0.15, 0.2) is 52.1 Å². The Morgan fingerprint density at radius 3 is 2.63 bits per heavy atom. The summed E-state index contributed by atoms with van der Waals surface area (Å²) in [5, 5.41) is 11.4. The zero-order valence-electron chi connectivity index (χ0n) is 14.1. The number of thioether (sulfide) groups is 1. The Balaban J connectivity index is 1.54. The molecule has 1 heterocycles. The molecule has 0 radical (unpaired) electrons. The van der Waals surface area contributed by atoms with Crippen molar-refractivity contribution in [3.63, 3.8) is 0 Å². The second-order valence-electron chi connectivity index (χ2n) is 5.63. The molecule has 0 aliphatic rings. The van der Waals surface area contributed by atoms with Gasteiger partial charge in [-0.15, -0.1) is 10.2 Å². The van der Waals surface area contributed by atoms with Crippen LogP contribution in [0.4, 0.5) is 8.78 Å². The highest BCUT2D eigenvalue weighted by atomic mass is 35.5. The predicted octanol–water partition coefficient (Wildman–Crippen LogP) is 4.64. The molecule has 1 atom stereocenters. The molecule has 140 valence electrons. The summed E-state index contributed by atoms with van der Waals surface area (Å²) in [6.45, 7) is 1.68. The molecule has 1 N–H and O–H groups in total. The predicted molar refractivity (Wildman–Crippen MR) is 98.4 cm³/mol. The zero-order valence-corrected chi connectivity index (χ0v) is 15.7. The Morgan fingerprint density at radius 2 is 1.93 bits per heavy atom. The lowest BCUT2D eigenvalue weighted by Crippen LogP contribution is -2.28. The first kappa shape index (κ1) is 19.3. The van der Waals surface area contributed by atoms with Crippen LogP contribution >= 0.6 is 23.4 Å². The van der Waals surface area contributed by atoms with Gasteiger partial charge in [-0.25, -0.2) is 8.78 Å². The fourth-order valence-electron chi connectivity index (χ4n) is 2.25. The molecule has 0 saturated carbocycles. The number of aromatic nitrogens is 2. The van der Waals surface area contributed by atoms with E-state index in [-0.39, 0.29) is 16.9 Å². The van der Waals surface area contributed by atoms with E-state index in [1.807, 2.05) is 0 Å². The molecular weight excluding hydrogens is 396 g/mol. The Hall–Kier alpha value is -2.45. The molecule has 9 heteroatoms. The second kappa shape index (κ2) is 8.49. The lowest BCUT2D eigenvalue weighted by atomic mass is 10.1. The van der Waals surface area contributed by atoms with Gasteiger partial charge in [0.15, 0.2) is 11.6 Å². The number of benzene rings is 2. The van der Waals surface area contributed by atoms with Crippen LogP contribution in [-0.4, -0.2) is 21.9 Å². The fourth-order valence-corrected chi connectivity index (χ4v) is 2.95. The SMILES string of the molecule is CC(NC(=O)CSc1nnc(-c2ccc(Cl)cc2)o1)c1ccc(F)c(F)c1. The van der Waals surface area contributed by atoms with Crippen LogP contribution in [-0.2, 0) is 4.79 Å². The first-order chi connectivity index (χ1) is 12.9. The summed E-state index contributed by atoms with van der Waals surface area (Å²) >= 11 is 6.91. The first-order valence-corrected chi connectivity index (χ1v) is 9.25. The third kappa shape index (κ3) is 5.05. The topological polar surface area (TPSA) is 68.0 Å². The molecule has 0 aliphatic heterocycles. The Morgan fingerprint density at radius 1 is 1.19 bits per heavy atom. The van der Waals surface area contributed by atoms with Crippen molar-refractivity contribution in [2.24, 2.45) is 0 Å². The molecule has 2 aromatic carbocycles. The van der Waals surface area contributed by atoms with E-state index in [9.17, 15) is 13.6 Å². The van der Waals surface area contributed by atoms with Crippen LogP contribution in [0.1, 0.15) is 18.5 Å². The molecule has 1 amide bonds. The van der Waals surface area contributed by atoms with Crippen LogP contribution in [0.25, 0.3) is 11.5 Å². The van der Waals surface area contributed by atoms with Gasteiger partial charge in [0, 0.05) is 10.6 Å². The third-order valence-electron chi connectivity index (χ3n) is 3.65. The highest BCUT2D eigenvalue weighted by Gasteiger charge is 2.14. The highest BCUT2D eigenvalue weighted by molar-refractivity contribution is 7.99. The van der Waals surface area contributed by atoms with Gasteiger partial charge >= 0.3 is 0 Å². The van der Waals surface area contributed by atoms with Crippen molar-refractivity contribution in [1.29, 1.82) is 0 Å². The summed E-state index contributed by atoms with van der Waals surface area (Å²) in [4.78, 5) is 12.1. The minimum atomic E-state index is -0.955. The maximum absolute atomic E-state index is 13.3. The summed E-state index contributed by atoms with van der Waals surface area (Å²) in [6.07, 6.45) is 0. The van der Waals surface area contributed by atoms with E-state index in [0.29, 0.717) is 16.5 Å². The lowest BCUT2D eigenvalue weighted by Gasteiger charge is -2.14. The van der Waals surface area contributed by atoms with Gasteiger partial charge in [0.1, 0.15) is 0 Å². The van der Waals surface area contributed by atoms with Gasteiger partial charge in [-0.3, -0.25) is 4.79 Å². The van der Waals surface area contributed by atoms with E-state index in [1.165, 1.54) is 6.07 Å². The Bertz CT molecular complexity index is 950. The van der Waals surface area contributed by atoms with Gasteiger partial charge in [0.05, 0.1) is 11.8 Å². The minimum Gasteiger partial charge on any atom is -0.411 e. The van der Waals surface area contributed by atoms with E-state index in [0.717, 1.165) is 29.5 Å². The van der Waals surface area contributed by atoms with Crippen molar-refractivity contribution in [2.75, 3.05) is 5.75 Å². The summed E-state index contributed by atoms with van der Waals surface area (Å²) < 4.78 is 31.8. The fraction of sp³-hybridized carbons (Fsp3) is 0.167. The molecule has 0 spiro atoms. The number of nitrogens with one attached hydrogen (secondary N) is 1. The number of rotatable bonds is 6. The van der Waals surface area contributed by atoms with Crippen LogP contribution in [0.3, 0.4) is 0 Å². The molecule has 0 fully saturated rings. The maximum Gasteiger partial charge on any atom is 0.277 e. The number of hydrogen-bond donors (Lipinski definition) is 1. The van der Waals surface area contributed by atoms with Crippen LogP contribution < -0.4 is 5.32 Å². The van der Waals surface area contributed by atoms with Crippen molar-refractivity contribution in [3.05, 3.63) is 64.7 Å². The molecule has 0 saturated heterocycles. The second-order valence-corrected chi connectivity index (χ2v) is 6.99. The smallest absolute Gasteiger partial charge is 0.277 e. The maximum atomic E-state index is 13.3. The molecular formula is C18H14ClF2N3O2S. The average Bonchev–Trinajstić information content (AvgIpc) is 3.12. The number of carbonyl (C=O) groups is 1. The summed E-state index contributed by atoms with van der Waals surface area (Å²) in [7, 11) is 0. The molecule has 0 bridgehead atoms. The number of halogens is 3. The standard InChI is InChI=1S/C18H14ClF2N3O2S/c1-10(12-4-7-14(20)15(21)8-12)22-16(25)9-27-18-24-23-17(26-18)11-2-5-13(19)6-3-11/h2-8,10H,9H2,1H3,(H,22,25). The third-order valence-corrected chi connectivity index (χ3v) is 4.72. The number of amides is 1. The molecule has 1 unspecified atom stereocenters. The molecule has 3 aromatic rings. The van der Waals surface area contributed by atoms with Gasteiger partial charge in [-0.05, 0) is 48.9 Å². The van der Waals surface area contributed by atoms with Crippen LogP contribution in [0, 0.1) is 11.6 Å². The quantitative estimate of drug-likeness (QED) is 0.601. The highest BCUT2D eigenvalue weighted by Crippen LogP contribution is 2.24. The summed E-state index contributed by atoms with van der Waals surface area (Å²) in [6, 6.07) is 9.96. The number of hydrogen-bond acceptors (Lipinski definition) is 5. The van der Waals surface area contributed by atoms with Crippen LogP contribution in [0.5, 0.6) is 0 Å². The minimum absolute atomic E-state index is 0.0380. The lowest BCUT2D eigenvalue weighted by molar-refractivity contribution is -0.119. The molecule has 27 heavy (non-hydrogen) atoms. The molecule has 5 nitrogen and oxygen atoms in total. The van der Waals surface area contributed by atoms with Gasteiger partial charge in [-0.2, -0.15) is 0 Å². The van der Waals surface area contributed by atoms with Gasteiger partial charge in [0.25, 0.3) is 5.22 Å².